The summed E-state index contributed by atoms with van der Waals surface area (Å²) in [5, 5.41) is 7.06. The van der Waals surface area contributed by atoms with Crippen LogP contribution in [0.5, 0.6) is 0 Å². The second kappa shape index (κ2) is 19.2. The predicted octanol–water partition coefficient (Wildman–Crippen LogP) is 8.60. The van der Waals surface area contributed by atoms with Crippen molar-refractivity contribution >= 4 is 62.1 Å². The van der Waals surface area contributed by atoms with Gasteiger partial charge in [-0.05, 0) is 86.6 Å². The van der Waals surface area contributed by atoms with E-state index in [1.807, 2.05) is 37.3 Å². The zero-order valence-corrected chi connectivity index (χ0v) is 38.9. The maximum absolute atomic E-state index is 14.6. The van der Waals surface area contributed by atoms with Gasteiger partial charge in [0.1, 0.15) is 18.1 Å². The standard InChI is InChI=1S/C50H60N6O4S2/c1-8-37(41(57)24-10-9-11-25-44(58)51-28-30-61-62-45-26-16-17-27-52-45)53-48(60)40-23-18-29-56(40)46-33(31-42-49(2,3)35-19-12-14-21-38(35)54(42)6)47(59)34(46)32-43-50(4,5)36-20-13-15-22-39(36)55(43)7/h12-17,19-22,26-27,31-32,37,40H,8-11,18,23-25,28-30H2,1-7H3,(H-,51,53,58,60)/p+1/t37-,40+/m0/s1. The minimum atomic E-state index is -0.600. The second-order valence-corrected chi connectivity index (χ2v) is 20.2. The molecule has 2 amide bonds. The van der Waals surface area contributed by atoms with Crippen LogP contribution >= 0.6 is 21.6 Å². The number of nitrogens with one attached hydrogen (secondary N) is 2. The van der Waals surface area contributed by atoms with Crippen molar-refractivity contribution in [2.24, 2.45) is 0 Å². The van der Waals surface area contributed by atoms with Crippen LogP contribution in [0.15, 0.2) is 113 Å². The highest BCUT2D eigenvalue weighted by atomic mass is 33.1. The number of hydrogen-bond donors (Lipinski definition) is 2. The second-order valence-electron chi connectivity index (χ2n) is 17.7. The maximum Gasteiger partial charge on any atom is 0.243 e. The molecule has 7 rings (SSSR count). The molecule has 2 atom stereocenters. The van der Waals surface area contributed by atoms with E-state index in [1.54, 1.807) is 27.8 Å². The fraction of sp³-hybridized carbons (Fsp3) is 0.440. The lowest BCUT2D eigenvalue weighted by molar-refractivity contribution is -0.401. The molecule has 0 radical (unpaired) electrons. The number of anilines is 1. The van der Waals surface area contributed by atoms with E-state index in [1.165, 1.54) is 11.1 Å². The van der Waals surface area contributed by atoms with Crippen LogP contribution in [0.25, 0.3) is 0 Å². The van der Waals surface area contributed by atoms with Gasteiger partial charge >= 0.3 is 0 Å². The largest absolute Gasteiger partial charge is 0.358 e. The van der Waals surface area contributed by atoms with Crippen LogP contribution in [0.3, 0.4) is 0 Å². The normalized spacial score (nSPS) is 20.4. The first-order valence-electron chi connectivity index (χ1n) is 22.1. The van der Waals surface area contributed by atoms with Crippen molar-refractivity contribution < 1.29 is 23.8 Å². The number of fused-ring (bicyclic) bond motifs is 2. The summed E-state index contributed by atoms with van der Waals surface area (Å²) in [5.41, 5.74) is 8.07. The number of amides is 2. The number of Topliss-reactive ketones (excluding diaryl/α,β-unsaturated/α-hetero) is 2. The molecule has 62 heavy (non-hydrogen) atoms. The van der Waals surface area contributed by atoms with Gasteiger partial charge in [-0.1, -0.05) is 80.5 Å². The van der Waals surface area contributed by atoms with Gasteiger partial charge in [0, 0.05) is 85.0 Å². The Morgan fingerprint density at radius 1 is 0.935 bits per heavy atom. The van der Waals surface area contributed by atoms with E-state index in [0.29, 0.717) is 62.8 Å². The Hall–Kier alpha value is -4.94. The summed E-state index contributed by atoms with van der Waals surface area (Å²) in [6.45, 7) is 11.9. The highest BCUT2D eigenvalue weighted by Crippen LogP contribution is 2.49. The number of hydrogen-bond acceptors (Lipinski definition) is 9. The maximum atomic E-state index is 14.6. The van der Waals surface area contributed by atoms with E-state index in [-0.39, 0.29) is 34.2 Å². The van der Waals surface area contributed by atoms with Crippen molar-refractivity contribution in [1.29, 1.82) is 0 Å². The van der Waals surface area contributed by atoms with Crippen LogP contribution in [0.1, 0.15) is 97.1 Å². The molecule has 10 nitrogen and oxygen atoms in total. The average Bonchev–Trinajstić information content (AvgIpc) is 3.88. The van der Waals surface area contributed by atoms with Crippen LogP contribution in [0.4, 0.5) is 11.4 Å². The number of para-hydroxylation sites is 2. The minimum Gasteiger partial charge on any atom is -0.358 e. The van der Waals surface area contributed by atoms with Crippen molar-refractivity contribution in [3.8, 4) is 0 Å². The van der Waals surface area contributed by atoms with Crippen molar-refractivity contribution in [3.05, 3.63) is 119 Å². The zero-order chi connectivity index (χ0) is 44.2. The molecule has 2 N–H and O–H groups in total. The number of likely N-dealkylation sites (N-methyl/N-ethyl adjacent to an activating group) is 1. The molecule has 326 valence electrons. The third kappa shape index (κ3) is 9.09. The number of carbonyl (C=O) groups is 4. The quantitative estimate of drug-likeness (QED) is 0.0562. The summed E-state index contributed by atoms with van der Waals surface area (Å²) in [4.78, 5) is 63.4. The first-order valence-corrected chi connectivity index (χ1v) is 24.4. The van der Waals surface area contributed by atoms with Crippen molar-refractivity contribution in [2.75, 3.05) is 37.8 Å². The minimum absolute atomic E-state index is 0.00913. The number of nitrogens with zero attached hydrogens (tertiary/aromatic N) is 4. The first-order chi connectivity index (χ1) is 29.7. The molecule has 3 aliphatic heterocycles. The molecule has 1 saturated heterocycles. The molecular formula is C50H61N6O4S2+. The van der Waals surface area contributed by atoms with Gasteiger partial charge in [0.15, 0.2) is 17.3 Å². The van der Waals surface area contributed by atoms with Crippen molar-refractivity contribution in [1.82, 2.24) is 20.5 Å². The SMILES string of the molecule is CC[C@H](NC(=O)[C@H]1CCCN1C1=C(C=C2N(C)c3ccccc3C2(C)C)C(=O)C1=CC1=[N+](C)c2ccccc2C1(C)C)C(=O)CCCCCC(=O)NCCSSc1ccccn1. The summed E-state index contributed by atoms with van der Waals surface area (Å²) in [7, 11) is 7.37. The summed E-state index contributed by atoms with van der Waals surface area (Å²) in [6, 6.07) is 21.4. The molecule has 4 heterocycles. The number of rotatable bonds is 18. The van der Waals surface area contributed by atoms with E-state index in [4.69, 9.17) is 0 Å². The summed E-state index contributed by atoms with van der Waals surface area (Å²) >= 11 is 0. The number of unbranched alkanes of at least 4 members (excludes halogenated alkanes) is 2. The Labute approximate surface area is 375 Å². The van der Waals surface area contributed by atoms with Gasteiger partial charge in [-0.25, -0.2) is 4.98 Å². The number of allylic oxidation sites excluding steroid dienone is 5. The fourth-order valence-electron chi connectivity index (χ4n) is 9.55. The Kier molecular flexibility index (Phi) is 14.0. The topological polar surface area (TPSA) is 115 Å². The number of benzene rings is 2. The Bertz CT molecular complexity index is 2350. The number of pyridine rings is 1. The van der Waals surface area contributed by atoms with E-state index >= 15 is 0 Å². The van der Waals surface area contributed by atoms with E-state index in [9.17, 15) is 19.2 Å². The molecular weight excluding hydrogens is 813 g/mol. The van der Waals surface area contributed by atoms with E-state index < -0.39 is 12.1 Å². The lowest BCUT2D eigenvalue weighted by Crippen LogP contribution is -2.50. The third-order valence-electron chi connectivity index (χ3n) is 13.0. The Balaban J connectivity index is 1.02. The molecule has 0 bridgehead atoms. The predicted molar refractivity (Wildman–Crippen MR) is 252 cm³/mol. The molecule has 1 aromatic heterocycles. The summed E-state index contributed by atoms with van der Waals surface area (Å²) in [6.07, 6.45) is 10.7. The van der Waals surface area contributed by atoms with Crippen LogP contribution < -0.4 is 15.5 Å². The van der Waals surface area contributed by atoms with Crippen LogP contribution in [0.2, 0.25) is 0 Å². The zero-order valence-electron chi connectivity index (χ0n) is 37.3. The van der Waals surface area contributed by atoms with Crippen LogP contribution in [-0.2, 0) is 30.0 Å². The van der Waals surface area contributed by atoms with Gasteiger partial charge in [-0.2, -0.15) is 4.58 Å². The molecule has 0 unspecified atom stereocenters. The average molecular weight is 874 g/mol. The summed E-state index contributed by atoms with van der Waals surface area (Å²) < 4.78 is 2.18. The van der Waals surface area contributed by atoms with Crippen LogP contribution in [0, 0.1) is 0 Å². The highest BCUT2D eigenvalue weighted by Gasteiger charge is 2.48. The first kappa shape index (κ1) is 45.1. The summed E-state index contributed by atoms with van der Waals surface area (Å²) in [5.74, 6) is 0.604. The van der Waals surface area contributed by atoms with Gasteiger partial charge < -0.3 is 20.4 Å². The fourth-order valence-corrected chi connectivity index (χ4v) is 11.3. The molecule has 12 heteroatoms. The number of likely N-dealkylation sites (tertiary alicyclic amines) is 1. The van der Waals surface area contributed by atoms with Gasteiger partial charge in [-0.15, -0.1) is 0 Å². The van der Waals surface area contributed by atoms with Crippen LogP contribution in [-0.4, -0.2) is 88.6 Å². The number of ketones is 2. The highest BCUT2D eigenvalue weighted by molar-refractivity contribution is 8.76. The van der Waals surface area contributed by atoms with Gasteiger partial charge in [0.2, 0.25) is 17.5 Å². The third-order valence-corrected chi connectivity index (χ3v) is 15.3. The van der Waals surface area contributed by atoms with E-state index in [2.05, 4.69) is 120 Å². The van der Waals surface area contributed by atoms with E-state index in [0.717, 1.165) is 52.1 Å². The molecule has 0 spiro atoms. The lowest BCUT2D eigenvalue weighted by Gasteiger charge is -2.37. The number of aromatic nitrogens is 1. The number of carbonyl (C=O) groups excluding carboxylic acids is 4. The Morgan fingerprint density at radius 2 is 1.66 bits per heavy atom. The van der Waals surface area contributed by atoms with Gasteiger partial charge in [0.25, 0.3) is 0 Å². The van der Waals surface area contributed by atoms with Gasteiger partial charge in [0.05, 0.1) is 22.7 Å². The molecule has 2 aromatic carbocycles. The molecule has 1 aliphatic carbocycles. The Morgan fingerprint density at radius 3 is 2.39 bits per heavy atom. The molecule has 0 saturated carbocycles. The monoisotopic (exact) mass is 873 g/mol. The van der Waals surface area contributed by atoms with Gasteiger partial charge in [-0.3, -0.25) is 19.2 Å². The van der Waals surface area contributed by atoms with Crippen molar-refractivity contribution in [2.45, 2.75) is 114 Å². The smallest absolute Gasteiger partial charge is 0.243 e. The molecule has 4 aliphatic rings. The lowest BCUT2D eigenvalue weighted by atomic mass is 9.76. The van der Waals surface area contributed by atoms with Crippen molar-refractivity contribution in [3.63, 3.8) is 0 Å². The molecule has 1 fully saturated rings. The molecule has 3 aromatic rings.